The number of amides is 1. The van der Waals surface area contributed by atoms with E-state index in [0.717, 1.165) is 44.5 Å². The highest BCUT2D eigenvalue weighted by molar-refractivity contribution is 14.0. The standard InChI is InChI=1S/C20H35N7O.HI/c1-4-21-19(22-9-5-7-17(2)3)23-12-8-18(28)26-13-15-27(16-14-26)20-24-10-6-11-25-20;/h6,10-11,17H,4-5,7-9,12-16H2,1-3H3,(H2,21,22,23);1H. The zero-order valence-corrected chi connectivity index (χ0v) is 20.3. The summed E-state index contributed by atoms with van der Waals surface area (Å²) in [5, 5.41) is 6.52. The van der Waals surface area contributed by atoms with Crippen LogP contribution < -0.4 is 15.5 Å². The Morgan fingerprint density at radius 2 is 1.86 bits per heavy atom. The van der Waals surface area contributed by atoms with Gasteiger partial charge in [-0.1, -0.05) is 13.8 Å². The van der Waals surface area contributed by atoms with Crippen molar-refractivity contribution < 1.29 is 4.79 Å². The maximum atomic E-state index is 12.5. The lowest BCUT2D eigenvalue weighted by Crippen LogP contribution is -2.50. The molecule has 1 aliphatic heterocycles. The Morgan fingerprint density at radius 3 is 2.48 bits per heavy atom. The molecule has 0 spiro atoms. The smallest absolute Gasteiger partial charge is 0.225 e. The van der Waals surface area contributed by atoms with Gasteiger partial charge in [0.05, 0.1) is 0 Å². The van der Waals surface area contributed by atoms with Gasteiger partial charge in [0, 0.05) is 64.6 Å². The fourth-order valence-electron chi connectivity index (χ4n) is 3.09. The Balaban J connectivity index is 0.00000420. The third-order valence-corrected chi connectivity index (χ3v) is 4.65. The maximum Gasteiger partial charge on any atom is 0.225 e. The normalized spacial score (nSPS) is 14.6. The summed E-state index contributed by atoms with van der Waals surface area (Å²) in [5.74, 6) is 2.42. The number of aromatic nitrogens is 2. The highest BCUT2D eigenvalue weighted by atomic mass is 127. The molecular weight excluding hydrogens is 481 g/mol. The van der Waals surface area contributed by atoms with E-state index in [1.807, 2.05) is 17.9 Å². The first-order valence-electron chi connectivity index (χ1n) is 10.4. The van der Waals surface area contributed by atoms with Crippen molar-refractivity contribution in [1.82, 2.24) is 25.5 Å². The van der Waals surface area contributed by atoms with Crippen LogP contribution in [0, 0.1) is 5.92 Å². The minimum atomic E-state index is 0. The molecule has 29 heavy (non-hydrogen) atoms. The van der Waals surface area contributed by atoms with Crippen molar-refractivity contribution >= 4 is 41.8 Å². The maximum absolute atomic E-state index is 12.5. The lowest BCUT2D eigenvalue weighted by atomic mass is 10.1. The van der Waals surface area contributed by atoms with Crippen LogP contribution in [0.5, 0.6) is 0 Å². The molecule has 2 rings (SSSR count). The van der Waals surface area contributed by atoms with Crippen molar-refractivity contribution in [3.63, 3.8) is 0 Å². The second-order valence-electron chi connectivity index (χ2n) is 7.39. The van der Waals surface area contributed by atoms with E-state index in [2.05, 4.69) is 44.3 Å². The van der Waals surface area contributed by atoms with Crippen LogP contribution in [0.4, 0.5) is 5.95 Å². The van der Waals surface area contributed by atoms with Crippen LogP contribution in [0.25, 0.3) is 0 Å². The summed E-state index contributed by atoms with van der Waals surface area (Å²) in [6.07, 6.45) is 6.23. The molecule has 9 heteroatoms. The van der Waals surface area contributed by atoms with Crippen molar-refractivity contribution in [2.75, 3.05) is 50.7 Å². The van der Waals surface area contributed by atoms with Gasteiger partial charge in [-0.3, -0.25) is 9.79 Å². The Bertz CT molecular complexity index is 604. The first kappa shape index (κ1) is 25.4. The minimum absolute atomic E-state index is 0. The largest absolute Gasteiger partial charge is 0.357 e. The first-order valence-corrected chi connectivity index (χ1v) is 10.4. The second kappa shape index (κ2) is 14.4. The van der Waals surface area contributed by atoms with Gasteiger partial charge in [-0.05, 0) is 31.7 Å². The van der Waals surface area contributed by atoms with E-state index < -0.39 is 0 Å². The molecule has 0 unspecified atom stereocenters. The van der Waals surface area contributed by atoms with E-state index in [9.17, 15) is 4.79 Å². The van der Waals surface area contributed by atoms with Crippen LogP contribution in [0.15, 0.2) is 23.5 Å². The van der Waals surface area contributed by atoms with Crippen LogP contribution in [0.1, 0.15) is 40.0 Å². The van der Waals surface area contributed by atoms with Crippen molar-refractivity contribution in [2.24, 2.45) is 10.9 Å². The summed E-state index contributed by atoms with van der Waals surface area (Å²) < 4.78 is 0. The fraction of sp³-hybridized carbons (Fsp3) is 0.700. The van der Waals surface area contributed by atoms with Gasteiger partial charge in [0.15, 0.2) is 5.96 Å². The SMILES string of the molecule is CCNC(=NCCCC(C)C)NCCC(=O)N1CCN(c2ncccn2)CC1.I. The predicted octanol–water partition coefficient (Wildman–Crippen LogP) is 2.12. The summed E-state index contributed by atoms with van der Waals surface area (Å²) in [4.78, 5) is 29.7. The minimum Gasteiger partial charge on any atom is -0.357 e. The molecule has 0 radical (unpaired) electrons. The van der Waals surface area contributed by atoms with E-state index in [1.165, 1.54) is 6.42 Å². The van der Waals surface area contributed by atoms with Gasteiger partial charge in [0.1, 0.15) is 0 Å². The molecule has 1 aromatic heterocycles. The average molecular weight is 517 g/mol. The zero-order chi connectivity index (χ0) is 20.2. The van der Waals surface area contributed by atoms with Gasteiger partial charge in [0.2, 0.25) is 11.9 Å². The third kappa shape index (κ3) is 9.60. The summed E-state index contributed by atoms with van der Waals surface area (Å²) in [5.41, 5.74) is 0. The number of halogens is 1. The molecule has 0 atom stereocenters. The lowest BCUT2D eigenvalue weighted by molar-refractivity contribution is -0.131. The quantitative estimate of drug-likeness (QED) is 0.226. The van der Waals surface area contributed by atoms with E-state index in [0.29, 0.717) is 32.0 Å². The van der Waals surface area contributed by atoms with Crippen molar-refractivity contribution in [2.45, 2.75) is 40.0 Å². The first-order chi connectivity index (χ1) is 13.6. The monoisotopic (exact) mass is 517 g/mol. The predicted molar refractivity (Wildman–Crippen MR) is 129 cm³/mol. The number of aliphatic imine (C=N–C) groups is 1. The molecule has 164 valence electrons. The molecule has 1 amide bonds. The number of nitrogens with one attached hydrogen (secondary N) is 2. The van der Waals surface area contributed by atoms with Gasteiger partial charge in [-0.2, -0.15) is 0 Å². The molecule has 8 nitrogen and oxygen atoms in total. The molecule has 0 bridgehead atoms. The molecule has 0 saturated carbocycles. The second-order valence-corrected chi connectivity index (χ2v) is 7.39. The van der Waals surface area contributed by atoms with E-state index in [4.69, 9.17) is 0 Å². The van der Waals surface area contributed by atoms with Crippen LogP contribution in [0.2, 0.25) is 0 Å². The number of rotatable bonds is 9. The van der Waals surface area contributed by atoms with Crippen molar-refractivity contribution in [3.05, 3.63) is 18.5 Å². The molecule has 2 N–H and O–H groups in total. The van der Waals surface area contributed by atoms with E-state index in [-0.39, 0.29) is 29.9 Å². The molecule has 1 fully saturated rings. The topological polar surface area (TPSA) is 85.8 Å². The summed E-state index contributed by atoms with van der Waals surface area (Å²) in [7, 11) is 0. The molecular formula is C20H36IN7O. The van der Waals surface area contributed by atoms with Gasteiger partial charge < -0.3 is 20.4 Å². The summed E-state index contributed by atoms with van der Waals surface area (Å²) in [6, 6.07) is 1.81. The van der Waals surface area contributed by atoms with E-state index >= 15 is 0 Å². The molecule has 1 saturated heterocycles. The van der Waals surface area contributed by atoms with Crippen LogP contribution in [-0.4, -0.2) is 72.5 Å². The number of carbonyl (C=O) groups is 1. The lowest BCUT2D eigenvalue weighted by Gasteiger charge is -2.34. The number of hydrogen-bond donors (Lipinski definition) is 2. The van der Waals surface area contributed by atoms with Gasteiger partial charge >= 0.3 is 0 Å². The number of anilines is 1. The van der Waals surface area contributed by atoms with Crippen molar-refractivity contribution in [1.29, 1.82) is 0 Å². The summed E-state index contributed by atoms with van der Waals surface area (Å²) in [6.45, 7) is 11.7. The van der Waals surface area contributed by atoms with E-state index in [1.54, 1.807) is 12.4 Å². The van der Waals surface area contributed by atoms with Gasteiger partial charge in [0.25, 0.3) is 0 Å². The highest BCUT2D eigenvalue weighted by Crippen LogP contribution is 2.10. The van der Waals surface area contributed by atoms with Crippen LogP contribution in [-0.2, 0) is 4.79 Å². The Labute approximate surface area is 192 Å². The summed E-state index contributed by atoms with van der Waals surface area (Å²) >= 11 is 0. The molecule has 0 aliphatic carbocycles. The van der Waals surface area contributed by atoms with Crippen LogP contribution in [0.3, 0.4) is 0 Å². The molecule has 1 aromatic rings. The third-order valence-electron chi connectivity index (χ3n) is 4.65. The molecule has 1 aliphatic rings. The van der Waals surface area contributed by atoms with Crippen LogP contribution >= 0.6 is 24.0 Å². The number of guanidine groups is 1. The number of hydrogen-bond acceptors (Lipinski definition) is 5. The zero-order valence-electron chi connectivity index (χ0n) is 17.9. The highest BCUT2D eigenvalue weighted by Gasteiger charge is 2.22. The molecule has 2 heterocycles. The Kier molecular flexibility index (Phi) is 12.6. The fourth-order valence-corrected chi connectivity index (χ4v) is 3.09. The molecule has 0 aromatic carbocycles. The number of nitrogens with zero attached hydrogens (tertiary/aromatic N) is 5. The Morgan fingerprint density at radius 1 is 1.17 bits per heavy atom. The van der Waals surface area contributed by atoms with Gasteiger partial charge in [-0.15, -0.1) is 24.0 Å². The van der Waals surface area contributed by atoms with Crippen molar-refractivity contribution in [3.8, 4) is 0 Å². The Hall–Kier alpha value is -1.65. The number of piperazine rings is 1. The number of carbonyl (C=O) groups excluding carboxylic acids is 1. The van der Waals surface area contributed by atoms with Gasteiger partial charge in [-0.25, -0.2) is 9.97 Å². The average Bonchev–Trinajstić information content (AvgIpc) is 2.71.